The number of thiophene rings is 1. The van der Waals surface area contributed by atoms with E-state index in [0.29, 0.717) is 18.0 Å². The standard InChI is InChI=1S/C20H18N4O2S/c1-24-20(26-2)17-4-3-14(8-18(17)23-24)19(25)22-10-13-7-16(11-21-9-13)15-5-6-27-12-15/h3-9,11-12H,10H2,1-2H3,(H,22,25). The van der Waals surface area contributed by atoms with Crippen molar-refractivity contribution in [1.82, 2.24) is 20.1 Å². The van der Waals surface area contributed by atoms with Crippen molar-refractivity contribution in [3.63, 3.8) is 0 Å². The third-order valence-corrected chi connectivity index (χ3v) is 5.02. The summed E-state index contributed by atoms with van der Waals surface area (Å²) in [6.45, 7) is 0.410. The van der Waals surface area contributed by atoms with Crippen LogP contribution in [0.25, 0.3) is 22.0 Å². The first-order valence-electron chi connectivity index (χ1n) is 8.41. The molecule has 1 aromatic carbocycles. The molecule has 27 heavy (non-hydrogen) atoms. The number of amides is 1. The van der Waals surface area contributed by atoms with Crippen LogP contribution in [0.1, 0.15) is 15.9 Å². The fraction of sp³-hybridized carbons (Fsp3) is 0.150. The lowest BCUT2D eigenvalue weighted by Gasteiger charge is -2.07. The number of ether oxygens (including phenoxy) is 1. The van der Waals surface area contributed by atoms with Gasteiger partial charge in [-0.3, -0.25) is 9.78 Å². The van der Waals surface area contributed by atoms with Crippen LogP contribution in [0.5, 0.6) is 5.88 Å². The van der Waals surface area contributed by atoms with Crippen LogP contribution in [0, 0.1) is 0 Å². The highest BCUT2D eigenvalue weighted by Gasteiger charge is 2.13. The third-order valence-electron chi connectivity index (χ3n) is 4.34. The number of rotatable bonds is 5. The Morgan fingerprint density at radius 2 is 2.11 bits per heavy atom. The lowest BCUT2D eigenvalue weighted by molar-refractivity contribution is 0.0951. The number of nitrogens with zero attached hydrogens (tertiary/aromatic N) is 3. The molecule has 3 heterocycles. The number of fused-ring (bicyclic) bond motifs is 1. The Morgan fingerprint density at radius 1 is 1.22 bits per heavy atom. The van der Waals surface area contributed by atoms with Gasteiger partial charge in [0.2, 0.25) is 5.88 Å². The number of benzene rings is 1. The summed E-state index contributed by atoms with van der Waals surface area (Å²) in [7, 11) is 3.42. The van der Waals surface area contributed by atoms with Crippen molar-refractivity contribution in [3.8, 4) is 17.0 Å². The second-order valence-electron chi connectivity index (χ2n) is 6.14. The van der Waals surface area contributed by atoms with Crippen molar-refractivity contribution in [2.45, 2.75) is 6.54 Å². The Kier molecular flexibility index (Phi) is 4.60. The molecule has 0 unspecified atom stereocenters. The number of aromatic nitrogens is 3. The van der Waals surface area contributed by atoms with Crippen LogP contribution >= 0.6 is 11.3 Å². The minimum atomic E-state index is -0.151. The number of pyridine rings is 1. The molecule has 0 aliphatic rings. The second-order valence-corrected chi connectivity index (χ2v) is 6.92. The summed E-state index contributed by atoms with van der Waals surface area (Å²) in [4.78, 5) is 16.8. The van der Waals surface area contributed by atoms with Crippen molar-refractivity contribution in [3.05, 3.63) is 64.6 Å². The van der Waals surface area contributed by atoms with Gasteiger partial charge in [0.25, 0.3) is 5.91 Å². The van der Waals surface area contributed by atoms with E-state index in [1.165, 1.54) is 0 Å². The van der Waals surface area contributed by atoms with E-state index in [0.717, 1.165) is 27.6 Å². The Balaban J connectivity index is 1.50. The maximum Gasteiger partial charge on any atom is 0.251 e. The van der Waals surface area contributed by atoms with Crippen LogP contribution in [0.4, 0.5) is 0 Å². The molecule has 0 saturated carbocycles. The summed E-state index contributed by atoms with van der Waals surface area (Å²) in [6.07, 6.45) is 3.60. The highest BCUT2D eigenvalue weighted by atomic mass is 32.1. The van der Waals surface area contributed by atoms with E-state index in [1.807, 2.05) is 30.8 Å². The molecular formula is C20H18N4O2S. The number of nitrogens with one attached hydrogen (secondary N) is 1. The average molecular weight is 378 g/mol. The van der Waals surface area contributed by atoms with E-state index in [2.05, 4.69) is 26.8 Å². The Bertz CT molecular complexity index is 1100. The van der Waals surface area contributed by atoms with Crippen molar-refractivity contribution in [2.75, 3.05) is 7.11 Å². The van der Waals surface area contributed by atoms with Gasteiger partial charge in [-0.25, -0.2) is 4.68 Å². The van der Waals surface area contributed by atoms with Crippen LogP contribution in [0.2, 0.25) is 0 Å². The first-order chi connectivity index (χ1) is 13.2. The molecule has 136 valence electrons. The lowest BCUT2D eigenvalue weighted by Crippen LogP contribution is -2.22. The van der Waals surface area contributed by atoms with Gasteiger partial charge in [0, 0.05) is 37.1 Å². The molecule has 0 aliphatic carbocycles. The summed E-state index contributed by atoms with van der Waals surface area (Å²) in [5.41, 5.74) is 4.42. The van der Waals surface area contributed by atoms with E-state index in [-0.39, 0.29) is 5.91 Å². The molecule has 0 bridgehead atoms. The van der Waals surface area contributed by atoms with E-state index in [1.54, 1.807) is 41.5 Å². The van der Waals surface area contributed by atoms with Crippen LogP contribution in [-0.4, -0.2) is 27.8 Å². The maximum atomic E-state index is 12.5. The fourth-order valence-corrected chi connectivity index (χ4v) is 3.68. The zero-order valence-electron chi connectivity index (χ0n) is 15.0. The van der Waals surface area contributed by atoms with Crippen LogP contribution in [0.3, 0.4) is 0 Å². The van der Waals surface area contributed by atoms with E-state index in [9.17, 15) is 4.79 Å². The molecule has 1 N–H and O–H groups in total. The molecule has 0 spiro atoms. The molecule has 0 saturated heterocycles. The van der Waals surface area contributed by atoms with Crippen molar-refractivity contribution >= 4 is 28.1 Å². The SMILES string of the molecule is COc1c2ccc(C(=O)NCc3cncc(-c4ccsc4)c3)cc2nn1C. The van der Waals surface area contributed by atoms with Crippen molar-refractivity contribution in [2.24, 2.45) is 7.05 Å². The minimum Gasteiger partial charge on any atom is -0.481 e. The smallest absolute Gasteiger partial charge is 0.251 e. The van der Waals surface area contributed by atoms with Gasteiger partial charge < -0.3 is 10.1 Å². The van der Waals surface area contributed by atoms with Crippen LogP contribution in [0.15, 0.2) is 53.5 Å². The van der Waals surface area contributed by atoms with Gasteiger partial charge in [0.15, 0.2) is 0 Å². The molecule has 6 nitrogen and oxygen atoms in total. The predicted molar refractivity (Wildman–Crippen MR) is 106 cm³/mol. The molecule has 7 heteroatoms. The Labute approximate surface area is 160 Å². The Morgan fingerprint density at radius 3 is 2.89 bits per heavy atom. The van der Waals surface area contributed by atoms with E-state index < -0.39 is 0 Å². The average Bonchev–Trinajstić information content (AvgIpc) is 3.32. The monoisotopic (exact) mass is 378 g/mol. The van der Waals surface area contributed by atoms with E-state index in [4.69, 9.17) is 4.74 Å². The number of aryl methyl sites for hydroxylation is 1. The van der Waals surface area contributed by atoms with E-state index >= 15 is 0 Å². The van der Waals surface area contributed by atoms with Crippen LogP contribution in [-0.2, 0) is 13.6 Å². The number of carbonyl (C=O) groups excluding carboxylic acids is 1. The van der Waals surface area contributed by atoms with Gasteiger partial charge in [-0.15, -0.1) is 0 Å². The largest absolute Gasteiger partial charge is 0.481 e. The van der Waals surface area contributed by atoms with Crippen molar-refractivity contribution in [1.29, 1.82) is 0 Å². The third kappa shape index (κ3) is 3.41. The molecule has 4 rings (SSSR count). The lowest BCUT2D eigenvalue weighted by atomic mass is 10.1. The fourth-order valence-electron chi connectivity index (χ4n) is 3.02. The molecule has 0 atom stereocenters. The topological polar surface area (TPSA) is 69.0 Å². The summed E-state index contributed by atoms with van der Waals surface area (Å²) < 4.78 is 7.00. The number of methoxy groups -OCH3 is 1. The van der Waals surface area contributed by atoms with Gasteiger partial charge >= 0.3 is 0 Å². The molecule has 3 aromatic heterocycles. The first-order valence-corrected chi connectivity index (χ1v) is 9.35. The maximum absolute atomic E-state index is 12.5. The summed E-state index contributed by atoms with van der Waals surface area (Å²) >= 11 is 1.65. The normalized spacial score (nSPS) is 10.9. The molecule has 4 aromatic rings. The molecule has 0 aliphatic heterocycles. The zero-order valence-corrected chi connectivity index (χ0v) is 15.8. The number of hydrogen-bond donors (Lipinski definition) is 1. The minimum absolute atomic E-state index is 0.151. The van der Waals surface area contributed by atoms with Crippen molar-refractivity contribution < 1.29 is 9.53 Å². The molecule has 1 amide bonds. The summed E-state index contributed by atoms with van der Waals surface area (Å²) in [5.74, 6) is 0.524. The van der Waals surface area contributed by atoms with Gasteiger partial charge in [0.1, 0.15) is 0 Å². The highest BCUT2D eigenvalue weighted by Crippen LogP contribution is 2.25. The highest BCUT2D eigenvalue weighted by molar-refractivity contribution is 7.08. The van der Waals surface area contributed by atoms with Crippen LogP contribution < -0.4 is 10.1 Å². The van der Waals surface area contributed by atoms with Gasteiger partial charge in [0.05, 0.1) is 18.0 Å². The van der Waals surface area contributed by atoms with Gasteiger partial charge in [-0.2, -0.15) is 16.4 Å². The number of hydrogen-bond acceptors (Lipinski definition) is 5. The zero-order chi connectivity index (χ0) is 18.8. The first kappa shape index (κ1) is 17.2. The predicted octanol–water partition coefficient (Wildman–Crippen LogP) is 3.64. The molecule has 0 fully saturated rings. The summed E-state index contributed by atoms with van der Waals surface area (Å²) in [6, 6.07) is 9.51. The van der Waals surface area contributed by atoms with Gasteiger partial charge in [-0.05, 0) is 52.2 Å². The second kappa shape index (κ2) is 7.20. The molecule has 0 radical (unpaired) electrons. The van der Waals surface area contributed by atoms with Gasteiger partial charge in [-0.1, -0.05) is 0 Å². The summed E-state index contributed by atoms with van der Waals surface area (Å²) in [5, 5.41) is 12.3. The number of carbonyl (C=O) groups is 1. The molecular weight excluding hydrogens is 360 g/mol. The Hall–Kier alpha value is -3.19. The quantitative estimate of drug-likeness (QED) is 0.576.